The molecule has 0 radical (unpaired) electrons. The molecule has 2 heterocycles. The molecule has 37 heavy (non-hydrogen) atoms. The number of carbonyl (C=O) groups is 4. The highest BCUT2D eigenvalue weighted by Gasteiger charge is 2.33. The van der Waals surface area contributed by atoms with Gasteiger partial charge in [-0.1, -0.05) is 30.3 Å². The summed E-state index contributed by atoms with van der Waals surface area (Å²) in [6, 6.07) is 20.6. The summed E-state index contributed by atoms with van der Waals surface area (Å²) in [5.41, 5.74) is 1.39. The normalized spacial score (nSPS) is 11.4. The van der Waals surface area contributed by atoms with E-state index < -0.39 is 30.3 Å². The van der Waals surface area contributed by atoms with E-state index in [1.165, 1.54) is 30.4 Å². The molecule has 0 bridgehead atoms. The highest BCUT2D eigenvalue weighted by Crippen LogP contribution is 2.28. The maximum absolute atomic E-state index is 13.6. The molecule has 188 valence electrons. The zero-order valence-corrected chi connectivity index (χ0v) is 20.0. The number of anilines is 1. The van der Waals surface area contributed by atoms with Crippen molar-refractivity contribution in [3.8, 4) is 0 Å². The van der Waals surface area contributed by atoms with Crippen molar-refractivity contribution in [1.29, 1.82) is 0 Å². The van der Waals surface area contributed by atoms with Gasteiger partial charge in [-0.3, -0.25) is 24.1 Å². The Labute approximate surface area is 213 Å². The number of benzene rings is 2. The van der Waals surface area contributed by atoms with Crippen molar-refractivity contribution in [2.75, 3.05) is 11.4 Å². The first-order valence-electron chi connectivity index (χ1n) is 11.5. The van der Waals surface area contributed by atoms with Crippen molar-refractivity contribution in [2.24, 2.45) is 0 Å². The van der Waals surface area contributed by atoms with E-state index in [-0.39, 0.29) is 18.1 Å². The highest BCUT2D eigenvalue weighted by atomic mass is 16.3. The minimum Gasteiger partial charge on any atom is -0.467 e. The lowest BCUT2D eigenvalue weighted by Crippen LogP contribution is -2.47. The molecule has 0 spiro atoms. The first kappa shape index (κ1) is 25.2. The topological polar surface area (TPSA) is 122 Å². The molecule has 0 aliphatic carbocycles. The average Bonchev–Trinajstić information content (AvgIpc) is 3.64. The van der Waals surface area contributed by atoms with Crippen LogP contribution in [0.2, 0.25) is 0 Å². The summed E-state index contributed by atoms with van der Waals surface area (Å²) >= 11 is 0. The standard InChI is InChI=1S/C28H25N3O6/c1-19(32)20-11-13-22(14-12-20)31(25(33)18-30-27(34)24-10-6-16-37-24)26(21-7-3-2-4-8-21)28(35)29-17-23-9-5-15-36-23/h2-16,26H,17-18H2,1H3,(H,29,35)(H,30,34)/t26-/m0/s1. The Bertz CT molecular complexity index is 1350. The van der Waals surface area contributed by atoms with Crippen LogP contribution in [0.3, 0.4) is 0 Å². The van der Waals surface area contributed by atoms with Gasteiger partial charge in [-0.05, 0) is 61.0 Å². The fraction of sp³-hybridized carbons (Fsp3) is 0.143. The summed E-state index contributed by atoms with van der Waals surface area (Å²) in [4.78, 5) is 52.7. The molecule has 2 N–H and O–H groups in total. The number of amides is 3. The van der Waals surface area contributed by atoms with E-state index in [0.29, 0.717) is 22.6 Å². The van der Waals surface area contributed by atoms with Gasteiger partial charge in [0.1, 0.15) is 11.8 Å². The maximum Gasteiger partial charge on any atom is 0.287 e. The van der Waals surface area contributed by atoms with Crippen LogP contribution in [-0.2, 0) is 16.1 Å². The number of Topliss-reactive ketones (excluding diaryl/α,β-unsaturated/α-hetero) is 1. The lowest BCUT2D eigenvalue weighted by Gasteiger charge is -2.31. The Morgan fingerprint density at radius 1 is 0.811 bits per heavy atom. The average molecular weight is 500 g/mol. The summed E-state index contributed by atoms with van der Waals surface area (Å²) in [5.74, 6) is -1.09. The second-order valence-corrected chi connectivity index (χ2v) is 8.14. The van der Waals surface area contributed by atoms with E-state index in [4.69, 9.17) is 8.83 Å². The fourth-order valence-electron chi connectivity index (χ4n) is 3.77. The Hall–Kier alpha value is -4.92. The number of nitrogens with one attached hydrogen (secondary N) is 2. The van der Waals surface area contributed by atoms with Crippen LogP contribution in [0.4, 0.5) is 5.69 Å². The van der Waals surface area contributed by atoms with Crippen LogP contribution >= 0.6 is 0 Å². The SMILES string of the molecule is CC(=O)c1ccc(N(C(=O)CNC(=O)c2ccco2)[C@H](C(=O)NCc2ccco2)c2ccccc2)cc1. The van der Waals surface area contributed by atoms with E-state index in [1.54, 1.807) is 72.8 Å². The van der Waals surface area contributed by atoms with Crippen molar-refractivity contribution >= 4 is 29.2 Å². The van der Waals surface area contributed by atoms with Crippen molar-refractivity contribution < 1.29 is 28.0 Å². The third kappa shape index (κ3) is 6.21. The molecule has 9 nitrogen and oxygen atoms in total. The number of nitrogens with zero attached hydrogens (tertiary/aromatic N) is 1. The van der Waals surface area contributed by atoms with Crippen molar-refractivity contribution in [3.05, 3.63) is 114 Å². The predicted octanol–water partition coefficient (Wildman–Crippen LogP) is 3.90. The molecule has 2 aromatic heterocycles. The quantitative estimate of drug-likeness (QED) is 0.319. The molecule has 0 aliphatic rings. The predicted molar refractivity (Wildman–Crippen MR) is 135 cm³/mol. The van der Waals surface area contributed by atoms with Crippen LogP contribution in [-0.4, -0.2) is 30.0 Å². The molecule has 0 fully saturated rings. The minimum absolute atomic E-state index is 0.0564. The number of hydrogen-bond donors (Lipinski definition) is 2. The zero-order chi connectivity index (χ0) is 26.2. The van der Waals surface area contributed by atoms with Gasteiger partial charge >= 0.3 is 0 Å². The second-order valence-electron chi connectivity index (χ2n) is 8.14. The largest absolute Gasteiger partial charge is 0.467 e. The van der Waals surface area contributed by atoms with E-state index in [0.717, 1.165) is 0 Å². The minimum atomic E-state index is -1.08. The van der Waals surface area contributed by atoms with Crippen LogP contribution in [0, 0.1) is 0 Å². The number of furan rings is 2. The Kier molecular flexibility index (Phi) is 7.95. The van der Waals surface area contributed by atoms with Crippen LogP contribution in [0.25, 0.3) is 0 Å². The van der Waals surface area contributed by atoms with Crippen LogP contribution < -0.4 is 15.5 Å². The molecule has 4 rings (SSSR count). The van der Waals surface area contributed by atoms with E-state index in [9.17, 15) is 19.2 Å². The van der Waals surface area contributed by atoms with E-state index in [1.807, 2.05) is 0 Å². The molecule has 0 aliphatic heterocycles. The number of carbonyl (C=O) groups excluding carboxylic acids is 4. The van der Waals surface area contributed by atoms with Gasteiger partial charge < -0.3 is 19.5 Å². The maximum atomic E-state index is 13.6. The fourth-order valence-corrected chi connectivity index (χ4v) is 3.77. The van der Waals surface area contributed by atoms with Crippen molar-refractivity contribution in [3.63, 3.8) is 0 Å². The summed E-state index contributed by atoms with van der Waals surface area (Å²) < 4.78 is 10.4. The molecule has 1 atom stereocenters. The highest BCUT2D eigenvalue weighted by molar-refractivity contribution is 6.04. The van der Waals surface area contributed by atoms with Gasteiger partial charge in [0.25, 0.3) is 5.91 Å². The van der Waals surface area contributed by atoms with Gasteiger partial charge in [0.15, 0.2) is 11.5 Å². The Morgan fingerprint density at radius 2 is 1.51 bits per heavy atom. The van der Waals surface area contributed by atoms with Crippen LogP contribution in [0.5, 0.6) is 0 Å². The van der Waals surface area contributed by atoms with Gasteiger partial charge in [-0.15, -0.1) is 0 Å². The third-order valence-electron chi connectivity index (χ3n) is 5.60. The molecule has 0 unspecified atom stereocenters. The van der Waals surface area contributed by atoms with Crippen LogP contribution in [0.15, 0.2) is 100 Å². The first-order valence-corrected chi connectivity index (χ1v) is 11.5. The molecule has 3 amide bonds. The second kappa shape index (κ2) is 11.7. The summed E-state index contributed by atoms with van der Waals surface area (Å²) in [7, 11) is 0. The molecule has 4 aromatic rings. The summed E-state index contributed by atoms with van der Waals surface area (Å²) in [5, 5.41) is 5.36. The summed E-state index contributed by atoms with van der Waals surface area (Å²) in [6.45, 7) is 1.16. The van der Waals surface area contributed by atoms with Crippen LogP contribution in [0.1, 0.15) is 45.2 Å². The lowest BCUT2D eigenvalue weighted by atomic mass is 10.0. The van der Waals surface area contributed by atoms with Crippen molar-refractivity contribution in [1.82, 2.24) is 10.6 Å². The van der Waals surface area contributed by atoms with Gasteiger partial charge in [0.05, 0.1) is 25.6 Å². The first-order chi connectivity index (χ1) is 17.9. The Balaban J connectivity index is 1.67. The van der Waals surface area contributed by atoms with Gasteiger partial charge in [0.2, 0.25) is 11.8 Å². The van der Waals surface area contributed by atoms with Gasteiger partial charge in [0, 0.05) is 11.3 Å². The monoisotopic (exact) mass is 499 g/mol. The summed E-state index contributed by atoms with van der Waals surface area (Å²) in [6.07, 6.45) is 2.86. The zero-order valence-electron chi connectivity index (χ0n) is 20.0. The van der Waals surface area contributed by atoms with E-state index in [2.05, 4.69) is 10.6 Å². The number of hydrogen-bond acceptors (Lipinski definition) is 6. The molecule has 2 aromatic carbocycles. The van der Waals surface area contributed by atoms with Gasteiger partial charge in [-0.2, -0.15) is 0 Å². The molecular formula is C28H25N3O6. The van der Waals surface area contributed by atoms with Crippen molar-refractivity contribution in [2.45, 2.75) is 19.5 Å². The number of rotatable bonds is 10. The molecule has 0 saturated carbocycles. The Morgan fingerprint density at radius 3 is 2.14 bits per heavy atom. The number of ketones is 1. The van der Waals surface area contributed by atoms with E-state index >= 15 is 0 Å². The molecule has 0 saturated heterocycles. The molecule has 9 heteroatoms. The smallest absolute Gasteiger partial charge is 0.287 e. The molecular weight excluding hydrogens is 474 g/mol. The lowest BCUT2D eigenvalue weighted by molar-refractivity contribution is -0.126. The third-order valence-corrected chi connectivity index (χ3v) is 5.60. The van der Waals surface area contributed by atoms with Gasteiger partial charge in [-0.25, -0.2) is 0 Å².